The number of aliphatic hydroxyl groups is 1. The predicted molar refractivity (Wildman–Crippen MR) is 46.1 cm³/mol. The fraction of sp³-hybridized carbons (Fsp3) is 0.556. The highest BCUT2D eigenvalue weighted by Crippen LogP contribution is 2.16. The number of aliphatic hydroxyl groups excluding tert-OH is 1. The first-order chi connectivity index (χ1) is 6.34. The average molecular weight is 180 g/mol. The maximum absolute atomic E-state index is 9.22. The van der Waals surface area contributed by atoms with E-state index in [9.17, 15) is 5.11 Å². The Hall–Kier alpha value is -1.00. The van der Waals surface area contributed by atoms with Gasteiger partial charge in [0.05, 0.1) is 18.8 Å². The number of ether oxygens (including phenoxy) is 1. The normalized spacial score (nSPS) is 27.8. The Morgan fingerprint density at radius 2 is 2.54 bits per heavy atom. The number of nitrogens with zero attached hydrogens (tertiary/aromatic N) is 2. The molecule has 0 spiro atoms. The first-order valence-electron chi connectivity index (χ1n) is 4.39. The van der Waals surface area contributed by atoms with Crippen LogP contribution in [0.5, 0.6) is 0 Å². The third-order valence-electron chi connectivity index (χ3n) is 2.14. The number of aromatic nitrogens is 2. The average Bonchev–Trinajstić information content (AvgIpc) is 2.53. The van der Waals surface area contributed by atoms with E-state index in [2.05, 4.69) is 9.97 Å². The predicted octanol–water partition coefficient (Wildman–Crippen LogP) is 0.169. The van der Waals surface area contributed by atoms with Crippen molar-refractivity contribution in [2.45, 2.75) is 25.0 Å². The molecule has 0 saturated carbocycles. The van der Waals surface area contributed by atoms with Crippen LogP contribution in [0.3, 0.4) is 0 Å². The van der Waals surface area contributed by atoms with Gasteiger partial charge in [-0.05, 0) is 6.07 Å². The summed E-state index contributed by atoms with van der Waals surface area (Å²) in [7, 11) is 0. The lowest BCUT2D eigenvalue weighted by molar-refractivity contribution is 0.0884. The quantitative estimate of drug-likeness (QED) is 0.704. The van der Waals surface area contributed by atoms with E-state index in [1.807, 2.05) is 6.07 Å². The van der Waals surface area contributed by atoms with Crippen molar-refractivity contribution in [1.29, 1.82) is 0 Å². The zero-order valence-corrected chi connectivity index (χ0v) is 7.26. The summed E-state index contributed by atoms with van der Waals surface area (Å²) in [6.07, 6.45) is 4.54. The lowest BCUT2D eigenvalue weighted by Crippen LogP contribution is -2.11. The maximum atomic E-state index is 9.22. The van der Waals surface area contributed by atoms with Crippen molar-refractivity contribution in [1.82, 2.24) is 9.97 Å². The molecule has 70 valence electrons. The van der Waals surface area contributed by atoms with Gasteiger partial charge in [-0.1, -0.05) is 0 Å². The molecule has 1 saturated heterocycles. The van der Waals surface area contributed by atoms with Crippen molar-refractivity contribution in [3.63, 3.8) is 0 Å². The van der Waals surface area contributed by atoms with Gasteiger partial charge in [0.15, 0.2) is 0 Å². The molecular formula is C9H12N2O2. The molecule has 0 bridgehead atoms. The van der Waals surface area contributed by atoms with Gasteiger partial charge in [0.1, 0.15) is 6.33 Å². The van der Waals surface area contributed by atoms with E-state index in [1.54, 1.807) is 6.20 Å². The van der Waals surface area contributed by atoms with Crippen LogP contribution in [0.4, 0.5) is 0 Å². The molecule has 1 aliphatic rings. The minimum absolute atomic E-state index is 0.116. The van der Waals surface area contributed by atoms with Gasteiger partial charge >= 0.3 is 0 Å². The third-order valence-corrected chi connectivity index (χ3v) is 2.14. The van der Waals surface area contributed by atoms with Crippen LogP contribution in [0.15, 0.2) is 18.6 Å². The monoisotopic (exact) mass is 180 g/mol. The first-order valence-corrected chi connectivity index (χ1v) is 4.39. The second-order valence-electron chi connectivity index (χ2n) is 3.25. The van der Waals surface area contributed by atoms with Gasteiger partial charge in [-0.25, -0.2) is 9.97 Å². The van der Waals surface area contributed by atoms with Gasteiger partial charge in [-0.3, -0.25) is 0 Å². The molecule has 1 aliphatic heterocycles. The van der Waals surface area contributed by atoms with Crippen LogP contribution in [0.2, 0.25) is 0 Å². The summed E-state index contributed by atoms with van der Waals surface area (Å²) in [6, 6.07) is 1.87. The van der Waals surface area contributed by atoms with E-state index in [0.29, 0.717) is 13.0 Å². The molecule has 13 heavy (non-hydrogen) atoms. The smallest absolute Gasteiger partial charge is 0.115 e. The Morgan fingerprint density at radius 3 is 3.15 bits per heavy atom. The zero-order chi connectivity index (χ0) is 9.10. The molecule has 0 radical (unpaired) electrons. The minimum Gasteiger partial charge on any atom is -0.391 e. The van der Waals surface area contributed by atoms with Gasteiger partial charge < -0.3 is 9.84 Å². The van der Waals surface area contributed by atoms with Crippen molar-refractivity contribution in [2.75, 3.05) is 6.61 Å². The molecule has 1 aromatic rings. The molecule has 4 nitrogen and oxygen atoms in total. The SMILES string of the molecule is OC1COC(Cc2ccncn2)C1. The molecule has 0 aliphatic carbocycles. The molecular weight excluding hydrogens is 168 g/mol. The van der Waals surface area contributed by atoms with Crippen molar-refractivity contribution >= 4 is 0 Å². The summed E-state index contributed by atoms with van der Waals surface area (Å²) in [4.78, 5) is 7.93. The standard InChI is InChI=1S/C9H12N2O2/c12-8-4-9(13-5-8)3-7-1-2-10-6-11-7/h1-2,6,8-9,12H,3-5H2. The summed E-state index contributed by atoms with van der Waals surface area (Å²) >= 11 is 0. The minimum atomic E-state index is -0.299. The molecule has 2 heterocycles. The number of rotatable bonds is 2. The maximum Gasteiger partial charge on any atom is 0.115 e. The first kappa shape index (κ1) is 8.59. The van der Waals surface area contributed by atoms with E-state index >= 15 is 0 Å². The number of hydrogen-bond acceptors (Lipinski definition) is 4. The summed E-state index contributed by atoms with van der Waals surface area (Å²) in [5.74, 6) is 0. The Kier molecular flexibility index (Phi) is 2.52. The molecule has 0 amide bonds. The second kappa shape index (κ2) is 3.81. The van der Waals surface area contributed by atoms with Crippen LogP contribution in [0, 0.1) is 0 Å². The van der Waals surface area contributed by atoms with Gasteiger partial charge in [0.25, 0.3) is 0 Å². The van der Waals surface area contributed by atoms with Crippen molar-refractivity contribution in [3.05, 3.63) is 24.3 Å². The van der Waals surface area contributed by atoms with Crippen LogP contribution in [0.25, 0.3) is 0 Å². The second-order valence-corrected chi connectivity index (χ2v) is 3.25. The summed E-state index contributed by atoms with van der Waals surface area (Å²) in [6.45, 7) is 0.454. The third kappa shape index (κ3) is 2.23. The van der Waals surface area contributed by atoms with Gasteiger partial charge in [0, 0.05) is 24.7 Å². The Morgan fingerprint density at radius 1 is 1.62 bits per heavy atom. The van der Waals surface area contributed by atoms with Crippen LogP contribution in [-0.4, -0.2) is 33.9 Å². The lowest BCUT2D eigenvalue weighted by Gasteiger charge is -2.06. The molecule has 1 aromatic heterocycles. The van der Waals surface area contributed by atoms with E-state index in [4.69, 9.17) is 4.74 Å². The molecule has 2 rings (SSSR count). The van der Waals surface area contributed by atoms with Crippen molar-refractivity contribution in [2.24, 2.45) is 0 Å². The van der Waals surface area contributed by atoms with Gasteiger partial charge in [-0.15, -0.1) is 0 Å². The Labute approximate surface area is 76.6 Å². The molecule has 0 aromatic carbocycles. The Balaban J connectivity index is 1.92. The highest BCUT2D eigenvalue weighted by molar-refractivity contribution is 5.00. The van der Waals surface area contributed by atoms with Crippen molar-refractivity contribution < 1.29 is 9.84 Å². The fourth-order valence-electron chi connectivity index (χ4n) is 1.50. The van der Waals surface area contributed by atoms with Crippen LogP contribution in [0.1, 0.15) is 12.1 Å². The molecule has 2 atom stereocenters. The van der Waals surface area contributed by atoms with Crippen LogP contribution < -0.4 is 0 Å². The fourth-order valence-corrected chi connectivity index (χ4v) is 1.50. The number of hydrogen-bond donors (Lipinski definition) is 1. The topological polar surface area (TPSA) is 55.2 Å². The Bertz CT molecular complexity index is 266. The van der Waals surface area contributed by atoms with Crippen LogP contribution in [-0.2, 0) is 11.2 Å². The van der Waals surface area contributed by atoms with Crippen molar-refractivity contribution in [3.8, 4) is 0 Å². The summed E-state index contributed by atoms with van der Waals surface area (Å²) in [5.41, 5.74) is 0.967. The van der Waals surface area contributed by atoms with E-state index < -0.39 is 0 Å². The lowest BCUT2D eigenvalue weighted by atomic mass is 10.1. The zero-order valence-electron chi connectivity index (χ0n) is 7.26. The highest BCUT2D eigenvalue weighted by Gasteiger charge is 2.23. The molecule has 1 fully saturated rings. The molecule has 1 N–H and O–H groups in total. The summed E-state index contributed by atoms with van der Waals surface area (Å²) in [5, 5.41) is 9.22. The largest absolute Gasteiger partial charge is 0.391 e. The van der Waals surface area contributed by atoms with E-state index in [0.717, 1.165) is 12.1 Å². The van der Waals surface area contributed by atoms with Gasteiger partial charge in [0.2, 0.25) is 0 Å². The highest BCUT2D eigenvalue weighted by atomic mass is 16.5. The van der Waals surface area contributed by atoms with Gasteiger partial charge in [-0.2, -0.15) is 0 Å². The van der Waals surface area contributed by atoms with Crippen LogP contribution >= 0.6 is 0 Å². The molecule has 4 heteroatoms. The molecule has 2 unspecified atom stereocenters. The van der Waals surface area contributed by atoms with E-state index in [1.165, 1.54) is 6.33 Å². The van der Waals surface area contributed by atoms with E-state index in [-0.39, 0.29) is 12.2 Å². The summed E-state index contributed by atoms with van der Waals surface area (Å²) < 4.78 is 5.36.